The molecule has 1 heterocycles. The van der Waals surface area contributed by atoms with Crippen LogP contribution in [0.3, 0.4) is 0 Å². The van der Waals surface area contributed by atoms with E-state index in [-0.39, 0.29) is 24.5 Å². The van der Waals surface area contributed by atoms with Crippen molar-refractivity contribution in [2.45, 2.75) is 32.7 Å². The molecule has 2 N–H and O–H groups in total. The number of hydrogen-bond donors (Lipinski definition) is 2. The van der Waals surface area contributed by atoms with Gasteiger partial charge >= 0.3 is 5.97 Å². The van der Waals surface area contributed by atoms with Crippen LogP contribution in [0.1, 0.15) is 35.6 Å². The van der Waals surface area contributed by atoms with Crippen LogP contribution < -0.4 is 5.32 Å². The van der Waals surface area contributed by atoms with E-state index in [1.807, 2.05) is 19.9 Å². The molecule has 1 aliphatic rings. The topological polar surface area (TPSA) is 99.1 Å². The van der Waals surface area contributed by atoms with Crippen molar-refractivity contribution in [3.63, 3.8) is 0 Å². The third kappa shape index (κ3) is 3.56. The first-order chi connectivity index (χ1) is 10.8. The van der Waals surface area contributed by atoms with E-state index in [1.54, 1.807) is 12.1 Å². The molecule has 7 nitrogen and oxygen atoms in total. The molecule has 0 saturated heterocycles. The quantitative estimate of drug-likeness (QED) is 0.870. The Kier molecular flexibility index (Phi) is 4.78. The van der Waals surface area contributed by atoms with Crippen LogP contribution in [0.4, 0.5) is 0 Å². The maximum absolute atomic E-state index is 12.3. The van der Waals surface area contributed by atoms with Gasteiger partial charge in [0.15, 0.2) is 6.04 Å². The van der Waals surface area contributed by atoms with Gasteiger partial charge in [-0.3, -0.25) is 9.59 Å². The number of carboxylic acid groups (broad SMARTS) is 1. The number of hydrazone groups is 1. The van der Waals surface area contributed by atoms with Crippen molar-refractivity contribution < 1.29 is 19.5 Å². The fraction of sp³-hybridized carbons (Fsp3) is 0.375. The standard InChI is InChI=1S/C16H19N3O4/c1-9-5-4-6-11(10(9)2)14(16(22)23)17-15(21)12-7-8-13(20)19(3)18-12/h4-6,14H,7-8H2,1-3H3,(H,17,21)(H,22,23)/t14-/m1/s1. The number of rotatable bonds is 4. The van der Waals surface area contributed by atoms with Crippen molar-refractivity contribution in [2.75, 3.05) is 7.05 Å². The van der Waals surface area contributed by atoms with E-state index in [9.17, 15) is 19.5 Å². The van der Waals surface area contributed by atoms with Crippen molar-refractivity contribution in [1.29, 1.82) is 0 Å². The molecule has 2 amide bonds. The Balaban J connectivity index is 2.25. The minimum Gasteiger partial charge on any atom is -0.479 e. The zero-order valence-electron chi connectivity index (χ0n) is 13.3. The largest absolute Gasteiger partial charge is 0.479 e. The molecule has 7 heteroatoms. The van der Waals surface area contributed by atoms with Crippen molar-refractivity contribution >= 4 is 23.5 Å². The van der Waals surface area contributed by atoms with Crippen LogP contribution in [0.5, 0.6) is 0 Å². The summed E-state index contributed by atoms with van der Waals surface area (Å²) in [6, 6.07) is 4.16. The van der Waals surface area contributed by atoms with Gasteiger partial charge in [-0.05, 0) is 30.5 Å². The summed E-state index contributed by atoms with van der Waals surface area (Å²) in [5.41, 5.74) is 2.46. The number of carbonyl (C=O) groups is 3. The second-order valence-corrected chi connectivity index (χ2v) is 5.50. The van der Waals surface area contributed by atoms with Crippen molar-refractivity contribution in [1.82, 2.24) is 10.3 Å². The van der Waals surface area contributed by atoms with Crippen LogP contribution in [0.2, 0.25) is 0 Å². The van der Waals surface area contributed by atoms with Gasteiger partial charge in [-0.25, -0.2) is 9.80 Å². The number of amides is 2. The molecular weight excluding hydrogens is 298 g/mol. The monoisotopic (exact) mass is 317 g/mol. The Bertz CT molecular complexity index is 697. The Morgan fingerprint density at radius 1 is 1.30 bits per heavy atom. The van der Waals surface area contributed by atoms with Gasteiger partial charge < -0.3 is 10.4 Å². The lowest BCUT2D eigenvalue weighted by Crippen LogP contribution is -2.41. The molecule has 1 aliphatic heterocycles. The van der Waals surface area contributed by atoms with E-state index in [2.05, 4.69) is 10.4 Å². The number of benzene rings is 1. The molecule has 0 unspecified atom stereocenters. The Morgan fingerprint density at radius 3 is 2.61 bits per heavy atom. The third-order valence-corrected chi connectivity index (χ3v) is 3.95. The SMILES string of the molecule is Cc1cccc([C@@H](NC(=O)C2=NN(C)C(=O)CC2)C(=O)O)c1C. The minimum atomic E-state index is -1.16. The summed E-state index contributed by atoms with van der Waals surface area (Å²) in [7, 11) is 1.47. The highest BCUT2D eigenvalue weighted by Gasteiger charge is 2.28. The minimum absolute atomic E-state index is 0.156. The predicted octanol–water partition coefficient (Wildman–Crippen LogP) is 1.15. The number of nitrogens with one attached hydrogen (secondary N) is 1. The van der Waals surface area contributed by atoms with Gasteiger partial charge in [-0.1, -0.05) is 18.2 Å². The molecule has 1 aromatic rings. The van der Waals surface area contributed by atoms with Crippen molar-refractivity contribution in [2.24, 2.45) is 5.10 Å². The van der Waals surface area contributed by atoms with Crippen molar-refractivity contribution in [3.8, 4) is 0 Å². The summed E-state index contributed by atoms with van der Waals surface area (Å²) >= 11 is 0. The first-order valence-corrected chi connectivity index (χ1v) is 7.25. The average molecular weight is 317 g/mol. The second-order valence-electron chi connectivity index (χ2n) is 5.50. The number of aryl methyl sites for hydroxylation is 1. The van der Waals surface area contributed by atoms with Gasteiger partial charge in [0.2, 0.25) is 5.91 Å². The summed E-state index contributed by atoms with van der Waals surface area (Å²) in [5.74, 6) is -1.89. The summed E-state index contributed by atoms with van der Waals surface area (Å²) in [5, 5.41) is 17.0. The Morgan fingerprint density at radius 2 is 2.00 bits per heavy atom. The van der Waals surface area contributed by atoms with Crippen LogP contribution in [0.15, 0.2) is 23.3 Å². The van der Waals surface area contributed by atoms with E-state index >= 15 is 0 Å². The highest BCUT2D eigenvalue weighted by Crippen LogP contribution is 2.21. The van der Waals surface area contributed by atoms with E-state index < -0.39 is 17.9 Å². The summed E-state index contributed by atoms with van der Waals surface area (Å²) in [4.78, 5) is 35.3. The smallest absolute Gasteiger partial charge is 0.330 e. The molecule has 1 aromatic carbocycles. The lowest BCUT2D eigenvalue weighted by Gasteiger charge is -2.22. The number of aliphatic carboxylic acids is 1. The first kappa shape index (κ1) is 16.7. The molecule has 0 saturated carbocycles. The molecule has 2 rings (SSSR count). The van der Waals surface area contributed by atoms with Crippen molar-refractivity contribution in [3.05, 3.63) is 34.9 Å². The number of carboxylic acids is 1. The second kappa shape index (κ2) is 6.60. The van der Waals surface area contributed by atoms with E-state index in [0.29, 0.717) is 5.56 Å². The van der Waals surface area contributed by atoms with Gasteiger partial charge in [0.25, 0.3) is 5.91 Å². The van der Waals surface area contributed by atoms with E-state index in [0.717, 1.165) is 16.1 Å². The third-order valence-electron chi connectivity index (χ3n) is 3.95. The Labute approximate surface area is 134 Å². The molecule has 0 spiro atoms. The average Bonchev–Trinajstić information content (AvgIpc) is 2.50. The summed E-state index contributed by atoms with van der Waals surface area (Å²) in [6.45, 7) is 3.70. The van der Waals surface area contributed by atoms with Gasteiger partial charge in [0.1, 0.15) is 5.71 Å². The molecule has 122 valence electrons. The van der Waals surface area contributed by atoms with Crippen LogP contribution in [0.25, 0.3) is 0 Å². The summed E-state index contributed by atoms with van der Waals surface area (Å²) in [6.07, 6.45) is 0.387. The van der Waals surface area contributed by atoms with Crippen LogP contribution in [-0.4, -0.2) is 40.7 Å². The lowest BCUT2D eigenvalue weighted by atomic mass is 9.97. The normalized spacial score (nSPS) is 15.9. The maximum Gasteiger partial charge on any atom is 0.330 e. The molecule has 0 aromatic heterocycles. The van der Waals surface area contributed by atoms with E-state index in [4.69, 9.17) is 0 Å². The van der Waals surface area contributed by atoms with Crippen LogP contribution in [-0.2, 0) is 14.4 Å². The molecule has 23 heavy (non-hydrogen) atoms. The Hall–Kier alpha value is -2.70. The van der Waals surface area contributed by atoms with Gasteiger partial charge in [0, 0.05) is 19.9 Å². The van der Waals surface area contributed by atoms with Crippen LogP contribution >= 0.6 is 0 Å². The molecule has 0 radical (unpaired) electrons. The number of nitrogens with zero attached hydrogens (tertiary/aromatic N) is 2. The first-order valence-electron chi connectivity index (χ1n) is 7.25. The molecular formula is C16H19N3O4. The predicted molar refractivity (Wildman–Crippen MR) is 83.9 cm³/mol. The van der Waals surface area contributed by atoms with Crippen LogP contribution in [0, 0.1) is 13.8 Å². The fourth-order valence-corrected chi connectivity index (χ4v) is 2.41. The molecule has 0 fully saturated rings. The lowest BCUT2D eigenvalue weighted by molar-refractivity contribution is -0.141. The zero-order chi connectivity index (χ0) is 17.1. The van der Waals surface area contributed by atoms with Gasteiger partial charge in [-0.15, -0.1) is 0 Å². The number of carbonyl (C=O) groups excluding carboxylic acids is 2. The van der Waals surface area contributed by atoms with E-state index in [1.165, 1.54) is 7.05 Å². The van der Waals surface area contributed by atoms with Gasteiger partial charge in [-0.2, -0.15) is 5.10 Å². The zero-order valence-corrected chi connectivity index (χ0v) is 13.3. The molecule has 0 bridgehead atoms. The van der Waals surface area contributed by atoms with Gasteiger partial charge in [0.05, 0.1) is 0 Å². The number of hydrogen-bond acceptors (Lipinski definition) is 4. The maximum atomic E-state index is 12.3. The highest BCUT2D eigenvalue weighted by atomic mass is 16.4. The fourth-order valence-electron chi connectivity index (χ4n) is 2.41. The highest BCUT2D eigenvalue weighted by molar-refractivity contribution is 6.39. The summed E-state index contributed by atoms with van der Waals surface area (Å²) < 4.78 is 0. The molecule has 1 atom stereocenters. The molecule has 0 aliphatic carbocycles.